The van der Waals surface area contributed by atoms with Gasteiger partial charge < -0.3 is 14.8 Å². The summed E-state index contributed by atoms with van der Waals surface area (Å²) >= 11 is 1.73. The summed E-state index contributed by atoms with van der Waals surface area (Å²) in [5, 5.41) is 1.26. The highest BCUT2D eigenvalue weighted by molar-refractivity contribution is 7.98. The second kappa shape index (κ2) is 8.40. The second-order valence-electron chi connectivity index (χ2n) is 8.43. The van der Waals surface area contributed by atoms with Gasteiger partial charge in [0.15, 0.2) is 0 Å². The number of carbonyl (C=O) groups is 1. The maximum Gasteiger partial charge on any atom is 0.254 e. The van der Waals surface area contributed by atoms with Crippen molar-refractivity contribution >= 4 is 34.3 Å². The quantitative estimate of drug-likeness (QED) is 0.410. The summed E-state index contributed by atoms with van der Waals surface area (Å²) in [6.07, 6.45) is 2.93. The highest BCUT2D eigenvalue weighted by atomic mass is 32.2. The SMILES string of the molecule is CSc1ccc([C@H]2c3[nH]c4ccccc4c3CCN2C(=O)c2ccc(N(C)C)cc2)cc1. The minimum Gasteiger partial charge on any atom is -0.378 e. The average molecular weight is 442 g/mol. The number of carbonyl (C=O) groups excluding carboxylic acids is 1. The van der Waals surface area contributed by atoms with Crippen molar-refractivity contribution in [1.29, 1.82) is 0 Å². The second-order valence-corrected chi connectivity index (χ2v) is 9.31. The molecule has 0 radical (unpaired) electrons. The van der Waals surface area contributed by atoms with Gasteiger partial charge in [-0.2, -0.15) is 0 Å². The van der Waals surface area contributed by atoms with Gasteiger partial charge in [-0.3, -0.25) is 4.79 Å². The lowest BCUT2D eigenvalue weighted by atomic mass is 9.91. The van der Waals surface area contributed by atoms with E-state index in [9.17, 15) is 4.79 Å². The molecule has 1 amide bonds. The Kier molecular flexibility index (Phi) is 5.43. The fourth-order valence-corrected chi connectivity index (χ4v) is 5.07. The molecule has 0 saturated carbocycles. The van der Waals surface area contributed by atoms with E-state index in [1.54, 1.807) is 11.8 Å². The Labute approximate surface area is 193 Å². The third kappa shape index (κ3) is 3.56. The normalized spacial score (nSPS) is 15.6. The Morgan fingerprint density at radius 2 is 1.72 bits per heavy atom. The standard InChI is InChI=1S/C27H27N3OS/c1-29(2)20-12-8-19(9-13-20)27(31)30-17-16-23-22-6-4-5-7-24(22)28-25(23)26(30)18-10-14-21(32-3)15-11-18/h4-15,26,28H,16-17H2,1-3H3/t26-/m0/s1. The maximum absolute atomic E-state index is 13.7. The van der Waals surface area contributed by atoms with Crippen LogP contribution in [0.1, 0.15) is 33.2 Å². The first-order valence-electron chi connectivity index (χ1n) is 10.9. The van der Waals surface area contributed by atoms with Gasteiger partial charge in [-0.15, -0.1) is 11.8 Å². The van der Waals surface area contributed by atoms with E-state index in [0.29, 0.717) is 6.54 Å². The first-order chi connectivity index (χ1) is 15.6. The fraction of sp³-hybridized carbons (Fsp3) is 0.222. The van der Waals surface area contributed by atoms with Crippen LogP contribution in [0.2, 0.25) is 0 Å². The van der Waals surface area contributed by atoms with Gasteiger partial charge in [0.1, 0.15) is 0 Å². The summed E-state index contributed by atoms with van der Waals surface area (Å²) in [7, 11) is 4.01. The van der Waals surface area contributed by atoms with Gasteiger partial charge in [0, 0.05) is 53.4 Å². The molecule has 0 spiro atoms. The number of para-hydroxylation sites is 1. The van der Waals surface area contributed by atoms with Gasteiger partial charge in [-0.1, -0.05) is 30.3 Å². The van der Waals surface area contributed by atoms with Gasteiger partial charge in [0.05, 0.1) is 6.04 Å². The predicted octanol–water partition coefficient (Wildman–Crippen LogP) is 5.74. The molecule has 0 fully saturated rings. The van der Waals surface area contributed by atoms with Gasteiger partial charge in [-0.05, 0) is 66.3 Å². The molecule has 1 aliphatic heterocycles. The number of thioether (sulfide) groups is 1. The summed E-state index contributed by atoms with van der Waals surface area (Å²) in [4.78, 5) is 22.6. The predicted molar refractivity (Wildman–Crippen MR) is 134 cm³/mol. The number of nitrogens with one attached hydrogen (secondary N) is 1. The minimum absolute atomic E-state index is 0.0681. The average Bonchev–Trinajstić information content (AvgIpc) is 3.22. The number of hydrogen-bond donors (Lipinski definition) is 1. The molecule has 1 aromatic heterocycles. The number of fused-ring (bicyclic) bond motifs is 3. The number of H-pyrrole nitrogens is 1. The van der Waals surface area contributed by atoms with Gasteiger partial charge in [0.2, 0.25) is 0 Å². The van der Waals surface area contributed by atoms with Crippen LogP contribution in [0.25, 0.3) is 10.9 Å². The Morgan fingerprint density at radius 3 is 2.41 bits per heavy atom. The molecule has 0 bridgehead atoms. The topological polar surface area (TPSA) is 39.3 Å². The van der Waals surface area contributed by atoms with E-state index in [-0.39, 0.29) is 11.9 Å². The van der Waals surface area contributed by atoms with Gasteiger partial charge >= 0.3 is 0 Å². The zero-order valence-corrected chi connectivity index (χ0v) is 19.4. The molecular formula is C27H27N3OS. The number of amides is 1. The van der Waals surface area contributed by atoms with Crippen molar-refractivity contribution in [2.75, 3.05) is 31.8 Å². The third-order valence-electron chi connectivity index (χ3n) is 6.36. The lowest BCUT2D eigenvalue weighted by Crippen LogP contribution is -2.40. The Balaban J connectivity index is 1.60. The molecule has 1 atom stereocenters. The molecule has 2 heterocycles. The van der Waals surface area contributed by atoms with E-state index in [4.69, 9.17) is 0 Å². The molecule has 4 nitrogen and oxygen atoms in total. The van der Waals surface area contributed by atoms with Crippen LogP contribution in [0, 0.1) is 0 Å². The zero-order chi connectivity index (χ0) is 22.2. The maximum atomic E-state index is 13.7. The Hall–Kier alpha value is -3.18. The van der Waals surface area contributed by atoms with E-state index < -0.39 is 0 Å². The molecule has 0 unspecified atom stereocenters. The van der Waals surface area contributed by atoms with Crippen LogP contribution in [-0.2, 0) is 6.42 Å². The molecule has 1 N–H and O–H groups in total. The van der Waals surface area contributed by atoms with E-state index in [1.165, 1.54) is 15.8 Å². The highest BCUT2D eigenvalue weighted by Gasteiger charge is 2.34. The van der Waals surface area contributed by atoms with Crippen LogP contribution in [-0.4, -0.2) is 42.7 Å². The smallest absolute Gasteiger partial charge is 0.254 e. The number of nitrogens with zero attached hydrogens (tertiary/aromatic N) is 2. The van der Waals surface area contributed by atoms with Crippen molar-refractivity contribution in [2.24, 2.45) is 0 Å². The number of benzene rings is 3. The molecule has 3 aromatic carbocycles. The van der Waals surface area contributed by atoms with Crippen LogP contribution < -0.4 is 4.90 Å². The van der Waals surface area contributed by atoms with Gasteiger partial charge in [-0.25, -0.2) is 0 Å². The van der Waals surface area contributed by atoms with E-state index in [2.05, 4.69) is 59.8 Å². The molecule has 4 aromatic rings. The van der Waals surface area contributed by atoms with Crippen molar-refractivity contribution in [2.45, 2.75) is 17.4 Å². The molecular weight excluding hydrogens is 414 g/mol. The van der Waals surface area contributed by atoms with Crippen molar-refractivity contribution < 1.29 is 4.79 Å². The first-order valence-corrected chi connectivity index (χ1v) is 12.1. The summed E-state index contributed by atoms with van der Waals surface area (Å²) in [6, 6.07) is 24.8. The lowest BCUT2D eigenvalue weighted by Gasteiger charge is -2.36. The monoisotopic (exact) mass is 441 g/mol. The van der Waals surface area contributed by atoms with Crippen LogP contribution in [0.5, 0.6) is 0 Å². The number of anilines is 1. The summed E-state index contributed by atoms with van der Waals surface area (Å²) in [6.45, 7) is 0.693. The van der Waals surface area contributed by atoms with Crippen molar-refractivity contribution in [3.05, 3.63) is 95.2 Å². The molecule has 0 aliphatic carbocycles. The van der Waals surface area contributed by atoms with E-state index in [1.807, 2.05) is 48.2 Å². The summed E-state index contributed by atoms with van der Waals surface area (Å²) in [5.41, 5.74) is 6.53. The van der Waals surface area contributed by atoms with Gasteiger partial charge in [0.25, 0.3) is 5.91 Å². The Bertz CT molecular complexity index is 1260. The lowest BCUT2D eigenvalue weighted by molar-refractivity contribution is 0.0692. The number of aromatic amines is 1. The summed E-state index contributed by atoms with van der Waals surface area (Å²) in [5.74, 6) is 0.0681. The molecule has 0 saturated heterocycles. The van der Waals surface area contributed by atoms with Crippen molar-refractivity contribution in [3.63, 3.8) is 0 Å². The fourth-order valence-electron chi connectivity index (χ4n) is 4.66. The van der Waals surface area contributed by atoms with Crippen LogP contribution in [0.15, 0.2) is 77.7 Å². The summed E-state index contributed by atoms with van der Waals surface area (Å²) < 4.78 is 0. The molecule has 1 aliphatic rings. The van der Waals surface area contributed by atoms with E-state index >= 15 is 0 Å². The molecule has 5 rings (SSSR count). The Morgan fingerprint density at radius 1 is 1.00 bits per heavy atom. The van der Waals surface area contributed by atoms with Crippen LogP contribution in [0.4, 0.5) is 5.69 Å². The molecule has 5 heteroatoms. The van der Waals surface area contributed by atoms with E-state index in [0.717, 1.165) is 34.4 Å². The molecule has 162 valence electrons. The first kappa shape index (κ1) is 20.7. The highest BCUT2D eigenvalue weighted by Crippen LogP contribution is 2.39. The minimum atomic E-state index is -0.136. The zero-order valence-electron chi connectivity index (χ0n) is 18.6. The largest absolute Gasteiger partial charge is 0.378 e. The van der Waals surface area contributed by atoms with Crippen molar-refractivity contribution in [3.8, 4) is 0 Å². The molecule has 32 heavy (non-hydrogen) atoms. The number of aromatic nitrogens is 1. The van der Waals surface area contributed by atoms with Crippen LogP contribution >= 0.6 is 11.8 Å². The number of rotatable bonds is 4. The third-order valence-corrected chi connectivity index (χ3v) is 7.10. The number of hydrogen-bond acceptors (Lipinski definition) is 3. The van der Waals surface area contributed by atoms with Crippen molar-refractivity contribution in [1.82, 2.24) is 9.88 Å². The van der Waals surface area contributed by atoms with Crippen LogP contribution in [0.3, 0.4) is 0 Å².